The number of nitrogens with one attached hydrogen (secondary N) is 1. The van der Waals surface area contributed by atoms with Crippen LogP contribution in [-0.4, -0.2) is 22.0 Å². The number of aromatic nitrogens is 3. The summed E-state index contributed by atoms with van der Waals surface area (Å²) in [4.78, 5) is 13.4. The van der Waals surface area contributed by atoms with Crippen LogP contribution >= 0.6 is 15.9 Å². The second-order valence-electron chi connectivity index (χ2n) is 4.69. The van der Waals surface area contributed by atoms with Gasteiger partial charge in [-0.05, 0) is 40.4 Å². The van der Waals surface area contributed by atoms with Crippen molar-refractivity contribution in [3.05, 3.63) is 34.2 Å². The third-order valence-electron chi connectivity index (χ3n) is 2.92. The first kappa shape index (κ1) is 13.9. The molecule has 0 unspecified atom stereocenters. The van der Waals surface area contributed by atoms with E-state index in [1.807, 2.05) is 26.2 Å². The van der Waals surface area contributed by atoms with Crippen LogP contribution in [0.1, 0.15) is 31.0 Å². The van der Waals surface area contributed by atoms with Crippen LogP contribution in [0.5, 0.6) is 0 Å². The quantitative estimate of drug-likeness (QED) is 0.935. The zero-order chi connectivity index (χ0) is 14.0. The third kappa shape index (κ3) is 2.76. The molecule has 0 aromatic carbocycles. The van der Waals surface area contributed by atoms with Crippen LogP contribution in [-0.2, 0) is 0 Å². The van der Waals surface area contributed by atoms with Gasteiger partial charge in [0.1, 0.15) is 5.82 Å². The number of rotatable bonds is 3. The highest BCUT2D eigenvalue weighted by Gasteiger charge is 2.15. The smallest absolute Gasteiger partial charge is 0.162 e. The van der Waals surface area contributed by atoms with E-state index in [4.69, 9.17) is 0 Å². The number of halogens is 1. The fourth-order valence-electron chi connectivity index (χ4n) is 1.86. The van der Waals surface area contributed by atoms with Crippen molar-refractivity contribution in [3.8, 4) is 11.4 Å². The van der Waals surface area contributed by atoms with Gasteiger partial charge < -0.3 is 5.32 Å². The number of hydrogen-bond donors (Lipinski definition) is 1. The van der Waals surface area contributed by atoms with E-state index in [1.165, 1.54) is 0 Å². The van der Waals surface area contributed by atoms with Crippen LogP contribution in [0.2, 0.25) is 0 Å². The van der Waals surface area contributed by atoms with Gasteiger partial charge >= 0.3 is 0 Å². The number of aryl methyl sites for hydroxylation is 1. The van der Waals surface area contributed by atoms with Crippen molar-refractivity contribution in [2.24, 2.45) is 0 Å². The molecule has 0 spiro atoms. The lowest BCUT2D eigenvalue weighted by molar-refractivity contribution is 0.810. The zero-order valence-corrected chi connectivity index (χ0v) is 13.1. The van der Waals surface area contributed by atoms with Crippen LogP contribution in [0.4, 0.5) is 5.82 Å². The topological polar surface area (TPSA) is 50.7 Å². The van der Waals surface area contributed by atoms with E-state index in [1.54, 1.807) is 6.20 Å². The van der Waals surface area contributed by atoms with Gasteiger partial charge in [-0.15, -0.1) is 0 Å². The summed E-state index contributed by atoms with van der Waals surface area (Å²) in [6.07, 6.45) is 3.59. The molecule has 1 N–H and O–H groups in total. The fourth-order valence-corrected chi connectivity index (χ4v) is 2.69. The van der Waals surface area contributed by atoms with Gasteiger partial charge in [-0.2, -0.15) is 0 Å². The standard InChI is InChI=1S/C14H17BrN4/c1-8(2)12-11(15)14(16-4)19-13(18-12)10-5-6-17-7-9(10)3/h5-8H,1-4H3,(H,16,18,19). The van der Waals surface area contributed by atoms with E-state index in [0.29, 0.717) is 5.92 Å². The zero-order valence-electron chi connectivity index (χ0n) is 11.5. The number of anilines is 1. The van der Waals surface area contributed by atoms with Crippen LogP contribution in [0.3, 0.4) is 0 Å². The van der Waals surface area contributed by atoms with Crippen LogP contribution in [0.25, 0.3) is 11.4 Å². The second-order valence-corrected chi connectivity index (χ2v) is 5.48. The monoisotopic (exact) mass is 320 g/mol. The third-order valence-corrected chi connectivity index (χ3v) is 3.70. The highest BCUT2D eigenvalue weighted by molar-refractivity contribution is 9.10. The second kappa shape index (κ2) is 5.65. The Bertz CT molecular complexity index is 596. The molecule has 0 bridgehead atoms. The first-order chi connectivity index (χ1) is 9.04. The molecule has 5 heteroatoms. The van der Waals surface area contributed by atoms with E-state index in [0.717, 1.165) is 32.9 Å². The maximum Gasteiger partial charge on any atom is 0.162 e. The van der Waals surface area contributed by atoms with Crippen molar-refractivity contribution >= 4 is 21.7 Å². The molecule has 2 heterocycles. The number of pyridine rings is 1. The van der Waals surface area contributed by atoms with Crippen molar-refractivity contribution in [2.75, 3.05) is 12.4 Å². The molecule has 0 aliphatic heterocycles. The SMILES string of the molecule is CNc1nc(-c2ccncc2C)nc(C(C)C)c1Br. The summed E-state index contributed by atoms with van der Waals surface area (Å²) < 4.78 is 0.931. The van der Waals surface area contributed by atoms with E-state index < -0.39 is 0 Å². The van der Waals surface area contributed by atoms with Gasteiger partial charge in [0.05, 0.1) is 10.2 Å². The molecule has 0 aliphatic rings. The van der Waals surface area contributed by atoms with E-state index in [-0.39, 0.29) is 0 Å². The van der Waals surface area contributed by atoms with E-state index in [9.17, 15) is 0 Å². The Labute approximate surface area is 121 Å². The Morgan fingerprint density at radius 1 is 1.26 bits per heavy atom. The van der Waals surface area contributed by atoms with E-state index >= 15 is 0 Å². The molecule has 2 rings (SSSR count). The van der Waals surface area contributed by atoms with Gasteiger partial charge in [0.15, 0.2) is 5.82 Å². The summed E-state index contributed by atoms with van der Waals surface area (Å²) in [6, 6.07) is 1.95. The number of nitrogens with zero attached hydrogens (tertiary/aromatic N) is 3. The first-order valence-electron chi connectivity index (χ1n) is 6.20. The molecule has 2 aromatic rings. The summed E-state index contributed by atoms with van der Waals surface area (Å²) >= 11 is 3.57. The van der Waals surface area contributed by atoms with Crippen molar-refractivity contribution in [1.29, 1.82) is 0 Å². The Morgan fingerprint density at radius 3 is 2.58 bits per heavy atom. The minimum Gasteiger partial charge on any atom is -0.372 e. The average molecular weight is 321 g/mol. The highest BCUT2D eigenvalue weighted by atomic mass is 79.9. The molecule has 0 saturated carbocycles. The van der Waals surface area contributed by atoms with E-state index in [2.05, 4.69) is 50.0 Å². The van der Waals surface area contributed by atoms with Crippen LogP contribution < -0.4 is 5.32 Å². The van der Waals surface area contributed by atoms with Crippen molar-refractivity contribution in [1.82, 2.24) is 15.0 Å². The Balaban J connectivity index is 2.65. The van der Waals surface area contributed by atoms with Crippen molar-refractivity contribution in [2.45, 2.75) is 26.7 Å². The molecular weight excluding hydrogens is 304 g/mol. The normalized spacial score (nSPS) is 10.8. The lowest BCUT2D eigenvalue weighted by atomic mass is 10.1. The molecule has 0 saturated heterocycles. The Kier molecular flexibility index (Phi) is 4.14. The average Bonchev–Trinajstić information content (AvgIpc) is 2.39. The Morgan fingerprint density at radius 2 is 2.00 bits per heavy atom. The molecule has 0 fully saturated rings. The molecule has 0 atom stereocenters. The molecule has 4 nitrogen and oxygen atoms in total. The van der Waals surface area contributed by atoms with Crippen LogP contribution in [0.15, 0.2) is 22.9 Å². The number of hydrogen-bond acceptors (Lipinski definition) is 4. The lowest BCUT2D eigenvalue weighted by Gasteiger charge is -2.14. The van der Waals surface area contributed by atoms with Gasteiger partial charge in [0.2, 0.25) is 0 Å². The summed E-state index contributed by atoms with van der Waals surface area (Å²) in [7, 11) is 1.86. The highest BCUT2D eigenvalue weighted by Crippen LogP contribution is 2.31. The summed E-state index contributed by atoms with van der Waals surface area (Å²) in [5.41, 5.74) is 3.09. The largest absolute Gasteiger partial charge is 0.372 e. The summed E-state index contributed by atoms with van der Waals surface area (Å²) in [5.74, 6) is 1.87. The molecule has 0 aliphatic carbocycles. The minimum atomic E-state index is 0.324. The fraction of sp³-hybridized carbons (Fsp3) is 0.357. The summed E-state index contributed by atoms with van der Waals surface area (Å²) in [6.45, 7) is 6.26. The predicted octanol–water partition coefficient (Wildman–Crippen LogP) is 3.77. The Hall–Kier alpha value is -1.49. The maximum absolute atomic E-state index is 4.69. The van der Waals surface area contributed by atoms with Crippen molar-refractivity contribution < 1.29 is 0 Å². The van der Waals surface area contributed by atoms with Gasteiger partial charge in [0, 0.05) is 25.0 Å². The van der Waals surface area contributed by atoms with Crippen LogP contribution in [0, 0.1) is 6.92 Å². The molecule has 0 radical (unpaired) electrons. The summed E-state index contributed by atoms with van der Waals surface area (Å²) in [5, 5.41) is 3.11. The molecule has 2 aromatic heterocycles. The molecule has 19 heavy (non-hydrogen) atoms. The lowest BCUT2D eigenvalue weighted by Crippen LogP contribution is -2.05. The van der Waals surface area contributed by atoms with Gasteiger partial charge in [0.25, 0.3) is 0 Å². The van der Waals surface area contributed by atoms with Gasteiger partial charge in [-0.1, -0.05) is 13.8 Å². The maximum atomic E-state index is 4.69. The molecule has 0 amide bonds. The molecule has 100 valence electrons. The van der Waals surface area contributed by atoms with Gasteiger partial charge in [-0.3, -0.25) is 4.98 Å². The molecular formula is C14H17BrN4. The minimum absolute atomic E-state index is 0.324. The first-order valence-corrected chi connectivity index (χ1v) is 7.00. The van der Waals surface area contributed by atoms with Crippen molar-refractivity contribution in [3.63, 3.8) is 0 Å². The predicted molar refractivity (Wildman–Crippen MR) is 81.3 cm³/mol. The van der Waals surface area contributed by atoms with Gasteiger partial charge in [-0.25, -0.2) is 9.97 Å².